The Kier molecular flexibility index (Phi) is 13.3. The van der Waals surface area contributed by atoms with Crippen molar-refractivity contribution in [1.82, 2.24) is 24.7 Å². The molecule has 2 atom stereocenters. The van der Waals surface area contributed by atoms with Crippen molar-refractivity contribution in [3.05, 3.63) is 24.0 Å². The molecule has 0 aliphatic carbocycles. The summed E-state index contributed by atoms with van der Waals surface area (Å²) in [6.45, 7) is 9.26. The highest BCUT2D eigenvalue weighted by molar-refractivity contribution is 5.96. The van der Waals surface area contributed by atoms with Gasteiger partial charge in [-0.1, -0.05) is 19.9 Å². The van der Waals surface area contributed by atoms with Crippen molar-refractivity contribution in [3.63, 3.8) is 0 Å². The van der Waals surface area contributed by atoms with Crippen LogP contribution < -0.4 is 10.1 Å². The first-order chi connectivity index (χ1) is 17.9. The molecule has 0 unspecified atom stereocenters. The highest BCUT2D eigenvalue weighted by atomic mass is 35.5. The number of ether oxygens (including phenoxy) is 2. The predicted molar refractivity (Wildman–Crippen MR) is 158 cm³/mol. The van der Waals surface area contributed by atoms with Crippen LogP contribution in [0.15, 0.2) is 18.2 Å². The number of nitrogens with zero attached hydrogens (tertiary/aromatic N) is 4. The summed E-state index contributed by atoms with van der Waals surface area (Å²) in [7, 11) is 3.33. The number of benzene rings is 1. The molecular weight excluding hydrogens is 541 g/mol. The van der Waals surface area contributed by atoms with Gasteiger partial charge in [-0.05, 0) is 50.2 Å². The number of imidazole rings is 1. The van der Waals surface area contributed by atoms with Gasteiger partial charge in [-0.3, -0.25) is 9.59 Å². The maximum absolute atomic E-state index is 14.2. The van der Waals surface area contributed by atoms with Crippen LogP contribution in [0.5, 0.6) is 5.75 Å². The first kappa shape index (κ1) is 33.1. The lowest BCUT2D eigenvalue weighted by molar-refractivity contribution is -0.135. The van der Waals surface area contributed by atoms with Crippen LogP contribution in [0.3, 0.4) is 0 Å². The molecule has 9 nitrogen and oxygen atoms in total. The summed E-state index contributed by atoms with van der Waals surface area (Å²) >= 11 is 0. The molecule has 2 aliphatic heterocycles. The fourth-order valence-electron chi connectivity index (χ4n) is 5.65. The molecule has 0 spiro atoms. The number of aryl methyl sites for hydroxylation is 1. The number of unbranched alkanes of at least 4 members (excludes halogenated alkanes) is 1. The number of fused-ring (bicyclic) bond motifs is 1. The summed E-state index contributed by atoms with van der Waals surface area (Å²) in [4.78, 5) is 36.2. The molecule has 39 heavy (non-hydrogen) atoms. The number of piperidine rings is 1. The van der Waals surface area contributed by atoms with E-state index >= 15 is 0 Å². The average molecular weight is 587 g/mol. The molecule has 11 heteroatoms. The van der Waals surface area contributed by atoms with Crippen molar-refractivity contribution >= 4 is 47.7 Å². The highest BCUT2D eigenvalue weighted by Crippen LogP contribution is 2.28. The number of carbonyl (C=O) groups excluding carboxylic acids is 2. The Morgan fingerprint density at radius 1 is 1.13 bits per heavy atom. The third-order valence-electron chi connectivity index (χ3n) is 7.49. The summed E-state index contributed by atoms with van der Waals surface area (Å²) in [6.07, 6.45) is 4.61. The van der Waals surface area contributed by atoms with E-state index in [0.29, 0.717) is 56.3 Å². The largest absolute Gasteiger partial charge is 0.494 e. The Hall–Kier alpha value is -2.07. The minimum atomic E-state index is -0.104. The number of aromatic nitrogens is 2. The van der Waals surface area contributed by atoms with E-state index in [1.54, 1.807) is 14.2 Å². The number of methoxy groups -OCH3 is 2. The molecule has 4 rings (SSSR count). The molecule has 220 valence electrons. The smallest absolute Gasteiger partial charge is 0.290 e. The number of halogens is 2. The lowest BCUT2D eigenvalue weighted by Gasteiger charge is -2.39. The van der Waals surface area contributed by atoms with E-state index in [9.17, 15) is 9.59 Å². The van der Waals surface area contributed by atoms with Gasteiger partial charge in [0, 0.05) is 59.0 Å². The van der Waals surface area contributed by atoms with Crippen LogP contribution in [0.25, 0.3) is 11.0 Å². The molecular formula is C28H45Cl2N5O4. The van der Waals surface area contributed by atoms with Gasteiger partial charge >= 0.3 is 0 Å². The van der Waals surface area contributed by atoms with Crippen molar-refractivity contribution in [2.45, 2.75) is 58.5 Å². The van der Waals surface area contributed by atoms with E-state index in [-0.39, 0.29) is 54.5 Å². The Bertz CT molecular complexity index is 1070. The molecule has 2 saturated heterocycles. The third-order valence-corrected chi connectivity index (χ3v) is 7.49. The number of rotatable bonds is 11. The second kappa shape index (κ2) is 15.6. The van der Waals surface area contributed by atoms with E-state index < -0.39 is 0 Å². The van der Waals surface area contributed by atoms with E-state index in [1.807, 2.05) is 32.6 Å². The molecule has 0 saturated carbocycles. The number of nitrogens with one attached hydrogen (secondary N) is 1. The normalized spacial score (nSPS) is 19.1. The fourth-order valence-corrected chi connectivity index (χ4v) is 5.65. The minimum absolute atomic E-state index is 0. The van der Waals surface area contributed by atoms with E-state index in [1.165, 1.54) is 0 Å². The quantitative estimate of drug-likeness (QED) is 0.401. The summed E-state index contributed by atoms with van der Waals surface area (Å²) in [5, 5.41) is 3.45. The van der Waals surface area contributed by atoms with Crippen LogP contribution in [0.1, 0.15) is 56.6 Å². The van der Waals surface area contributed by atoms with Crippen molar-refractivity contribution in [2.75, 3.05) is 53.6 Å². The van der Waals surface area contributed by atoms with Gasteiger partial charge in [0.15, 0.2) is 5.82 Å². The lowest BCUT2D eigenvalue weighted by atomic mass is 9.92. The second-order valence-electron chi connectivity index (χ2n) is 10.7. The predicted octanol–water partition coefficient (Wildman–Crippen LogP) is 4.01. The molecule has 0 radical (unpaired) electrons. The minimum Gasteiger partial charge on any atom is -0.494 e. The SMILES string of the molecule is COCCCCn1c(C(=O)N(CC(C)C)[C@@H]2CNC[C@H](C(=O)N3CCCC3)C2)nc2c(OC)cccc21.Cl.Cl. The Balaban J connectivity index is 0.00000267. The summed E-state index contributed by atoms with van der Waals surface area (Å²) in [6, 6.07) is 5.75. The maximum atomic E-state index is 14.2. The first-order valence-electron chi connectivity index (χ1n) is 13.8. The molecule has 3 heterocycles. The monoisotopic (exact) mass is 585 g/mol. The van der Waals surface area contributed by atoms with Crippen LogP contribution in [-0.2, 0) is 16.1 Å². The average Bonchev–Trinajstić information content (AvgIpc) is 3.57. The van der Waals surface area contributed by atoms with Crippen LogP contribution >= 0.6 is 24.8 Å². The first-order valence-corrected chi connectivity index (χ1v) is 13.8. The van der Waals surface area contributed by atoms with E-state index in [2.05, 4.69) is 19.2 Å². The van der Waals surface area contributed by atoms with Crippen molar-refractivity contribution in [2.24, 2.45) is 11.8 Å². The summed E-state index contributed by atoms with van der Waals surface area (Å²) in [5.41, 5.74) is 1.60. The Labute approximate surface area is 244 Å². The fraction of sp³-hybridized carbons (Fsp3) is 0.679. The number of hydrogen-bond donors (Lipinski definition) is 1. The molecule has 2 fully saturated rings. The van der Waals surface area contributed by atoms with Gasteiger partial charge in [0.05, 0.1) is 18.5 Å². The number of hydrogen-bond acceptors (Lipinski definition) is 6. The van der Waals surface area contributed by atoms with Crippen LogP contribution in [-0.4, -0.2) is 90.8 Å². The van der Waals surface area contributed by atoms with E-state index in [0.717, 1.165) is 44.3 Å². The van der Waals surface area contributed by atoms with Crippen molar-refractivity contribution in [1.29, 1.82) is 0 Å². The molecule has 1 aromatic heterocycles. The zero-order valence-electron chi connectivity index (χ0n) is 23.7. The zero-order valence-corrected chi connectivity index (χ0v) is 25.3. The number of likely N-dealkylation sites (tertiary alicyclic amines) is 1. The zero-order chi connectivity index (χ0) is 26.4. The summed E-state index contributed by atoms with van der Waals surface area (Å²) in [5.74, 6) is 1.42. The number of carbonyl (C=O) groups is 2. The van der Waals surface area contributed by atoms with Crippen molar-refractivity contribution in [3.8, 4) is 5.75 Å². The number of amides is 2. The second-order valence-corrected chi connectivity index (χ2v) is 10.7. The third kappa shape index (κ3) is 7.78. The molecule has 2 amide bonds. The topological polar surface area (TPSA) is 88.9 Å². The standard InChI is InChI=1S/C28H43N5O4.2ClH/c1-20(2)19-33(22-16-21(17-29-18-22)27(34)31-12-5-6-13-31)28(35)26-30-25-23(10-9-11-24(25)37-4)32(26)14-7-8-15-36-3;;/h9-11,20-22,29H,5-8,12-19H2,1-4H3;2*1H/t21-,22+;;/m1../s1. The maximum Gasteiger partial charge on any atom is 0.290 e. The molecule has 1 N–H and O–H groups in total. The lowest BCUT2D eigenvalue weighted by Crippen LogP contribution is -2.55. The number of para-hydroxylation sites is 1. The van der Waals surface area contributed by atoms with Gasteiger partial charge in [0.2, 0.25) is 5.91 Å². The van der Waals surface area contributed by atoms with Gasteiger partial charge < -0.3 is 29.2 Å². The van der Waals surface area contributed by atoms with E-state index in [4.69, 9.17) is 14.5 Å². The Morgan fingerprint density at radius 2 is 1.87 bits per heavy atom. The van der Waals surface area contributed by atoms with Crippen LogP contribution in [0, 0.1) is 11.8 Å². The van der Waals surface area contributed by atoms with Crippen LogP contribution in [0.2, 0.25) is 0 Å². The van der Waals surface area contributed by atoms with Gasteiger partial charge in [0.1, 0.15) is 11.3 Å². The summed E-state index contributed by atoms with van der Waals surface area (Å²) < 4.78 is 12.8. The van der Waals surface area contributed by atoms with Gasteiger partial charge in [-0.25, -0.2) is 4.98 Å². The highest BCUT2D eigenvalue weighted by Gasteiger charge is 2.37. The Morgan fingerprint density at radius 3 is 2.54 bits per heavy atom. The van der Waals surface area contributed by atoms with Crippen LogP contribution in [0.4, 0.5) is 0 Å². The molecule has 2 aromatic rings. The van der Waals surface area contributed by atoms with Gasteiger partial charge in [-0.15, -0.1) is 24.8 Å². The molecule has 1 aromatic carbocycles. The van der Waals surface area contributed by atoms with Gasteiger partial charge in [-0.2, -0.15) is 0 Å². The van der Waals surface area contributed by atoms with Gasteiger partial charge in [0.25, 0.3) is 5.91 Å². The van der Waals surface area contributed by atoms with Crippen molar-refractivity contribution < 1.29 is 19.1 Å². The molecule has 2 aliphatic rings. The molecule has 0 bridgehead atoms.